The first kappa shape index (κ1) is 26.5. The summed E-state index contributed by atoms with van der Waals surface area (Å²) in [4.78, 5) is 32.6. The van der Waals surface area contributed by atoms with Gasteiger partial charge in [0.25, 0.3) is 0 Å². The molecule has 0 unspecified atom stereocenters. The number of halogens is 3. The van der Waals surface area contributed by atoms with E-state index in [4.69, 9.17) is 16.4 Å². The number of aliphatic hydroxyl groups excluding tert-OH is 1. The first-order valence-corrected chi connectivity index (χ1v) is 14.7. The minimum absolute atomic E-state index is 0.0324. The van der Waals surface area contributed by atoms with Crippen LogP contribution < -0.4 is 5.06 Å². The number of hydrogen-bond donors (Lipinski definition) is 1. The Labute approximate surface area is 230 Å². The van der Waals surface area contributed by atoms with Gasteiger partial charge in [-0.15, -0.1) is 0 Å². The SMILES string of the molecule is CSC(=O)[C@@]12ON(c3ccc(Cl)cc3)C[C@@H]1C[C@@]1(C)[C@@H]3C[C@H](F)C4=CC(=O)C=C[C@]4(C)[C@@]3(F)[C@@H](O)C[C@@]12C. The molecule has 1 saturated heterocycles. The van der Waals surface area contributed by atoms with Gasteiger partial charge in [0.05, 0.1) is 18.3 Å². The molecule has 1 aromatic carbocycles. The van der Waals surface area contributed by atoms with E-state index in [1.807, 2.05) is 26.0 Å². The summed E-state index contributed by atoms with van der Waals surface area (Å²) in [6.45, 7) is 5.85. The van der Waals surface area contributed by atoms with Crippen LogP contribution in [0.25, 0.3) is 0 Å². The first-order chi connectivity index (χ1) is 17.8. The van der Waals surface area contributed by atoms with Crippen LogP contribution in [0, 0.1) is 28.1 Å². The Bertz CT molecular complexity index is 1290. The van der Waals surface area contributed by atoms with Crippen molar-refractivity contribution >= 4 is 39.9 Å². The molecule has 0 bridgehead atoms. The number of aliphatic hydroxyl groups is 1. The van der Waals surface area contributed by atoms with Crippen LogP contribution in [0.4, 0.5) is 14.5 Å². The lowest BCUT2D eigenvalue weighted by molar-refractivity contribution is -0.254. The van der Waals surface area contributed by atoms with Crippen LogP contribution in [-0.2, 0) is 14.4 Å². The van der Waals surface area contributed by atoms with Crippen LogP contribution in [0.2, 0.25) is 5.02 Å². The maximum Gasteiger partial charge on any atom is 0.224 e. The summed E-state index contributed by atoms with van der Waals surface area (Å²) >= 11 is 7.15. The molecule has 3 saturated carbocycles. The van der Waals surface area contributed by atoms with Gasteiger partial charge in [0, 0.05) is 27.7 Å². The van der Waals surface area contributed by atoms with Crippen LogP contribution in [0.3, 0.4) is 0 Å². The second-order valence-corrected chi connectivity index (χ2v) is 13.5. The van der Waals surface area contributed by atoms with Crippen molar-refractivity contribution in [2.24, 2.45) is 28.1 Å². The largest absolute Gasteiger partial charge is 0.390 e. The Morgan fingerprint density at radius 2 is 1.89 bits per heavy atom. The lowest BCUT2D eigenvalue weighted by Gasteiger charge is -2.67. The van der Waals surface area contributed by atoms with Crippen LogP contribution in [0.15, 0.2) is 48.1 Å². The molecule has 5 nitrogen and oxygen atoms in total. The molecule has 4 aliphatic carbocycles. The Kier molecular flexibility index (Phi) is 5.68. The van der Waals surface area contributed by atoms with Crippen molar-refractivity contribution < 1.29 is 28.3 Å². The van der Waals surface area contributed by atoms with Gasteiger partial charge < -0.3 is 5.11 Å². The molecule has 1 heterocycles. The van der Waals surface area contributed by atoms with Gasteiger partial charge in [0.1, 0.15) is 6.17 Å². The van der Waals surface area contributed by atoms with E-state index in [0.29, 0.717) is 18.0 Å². The van der Waals surface area contributed by atoms with E-state index >= 15 is 8.78 Å². The molecule has 6 rings (SSSR count). The molecule has 38 heavy (non-hydrogen) atoms. The molecule has 1 aromatic rings. The highest BCUT2D eigenvalue weighted by Crippen LogP contribution is 2.78. The summed E-state index contributed by atoms with van der Waals surface area (Å²) in [7, 11) is 0. The number of anilines is 1. The molecule has 9 heteroatoms. The van der Waals surface area contributed by atoms with Gasteiger partial charge in [-0.05, 0) is 79.8 Å². The molecule has 5 aliphatic rings. The van der Waals surface area contributed by atoms with Crippen molar-refractivity contribution in [2.75, 3.05) is 17.9 Å². The fraction of sp³-hybridized carbons (Fsp3) is 0.586. The summed E-state index contributed by atoms with van der Waals surface area (Å²) in [6.07, 6.45) is 2.83. The molecule has 1 N–H and O–H groups in total. The van der Waals surface area contributed by atoms with Crippen molar-refractivity contribution in [2.45, 2.75) is 63.6 Å². The number of hydrogen-bond acceptors (Lipinski definition) is 6. The number of fused-ring (bicyclic) bond motifs is 7. The van der Waals surface area contributed by atoms with E-state index in [0.717, 1.165) is 17.4 Å². The average molecular weight is 564 g/mol. The molecule has 4 fully saturated rings. The van der Waals surface area contributed by atoms with E-state index in [1.54, 1.807) is 30.4 Å². The fourth-order valence-electron chi connectivity index (χ4n) is 8.96. The number of nitrogens with zero attached hydrogens (tertiary/aromatic N) is 1. The van der Waals surface area contributed by atoms with E-state index < -0.39 is 45.7 Å². The van der Waals surface area contributed by atoms with Crippen LogP contribution in [0.1, 0.15) is 40.0 Å². The highest BCUT2D eigenvalue weighted by atomic mass is 35.5. The molecule has 0 radical (unpaired) electrons. The number of hydroxylamine groups is 1. The first-order valence-electron chi connectivity index (χ1n) is 13.1. The number of thioether (sulfide) groups is 1. The summed E-state index contributed by atoms with van der Waals surface area (Å²) in [5, 5.41) is 13.8. The number of carbonyl (C=O) groups excluding carboxylic acids is 2. The number of carbonyl (C=O) groups is 2. The van der Waals surface area contributed by atoms with Crippen LogP contribution in [-0.4, -0.2) is 52.4 Å². The zero-order valence-corrected chi connectivity index (χ0v) is 23.4. The second kappa shape index (κ2) is 8.15. The van der Waals surface area contributed by atoms with Gasteiger partial charge in [0.2, 0.25) is 5.12 Å². The lowest BCUT2D eigenvalue weighted by atomic mass is 9.40. The third kappa shape index (κ3) is 2.90. The summed E-state index contributed by atoms with van der Waals surface area (Å²) in [5.74, 6) is -1.57. The Morgan fingerprint density at radius 3 is 2.55 bits per heavy atom. The monoisotopic (exact) mass is 563 g/mol. The number of allylic oxidation sites excluding steroid dienone is 4. The molecule has 9 atom stereocenters. The zero-order chi connectivity index (χ0) is 27.5. The van der Waals surface area contributed by atoms with Crippen LogP contribution in [0.5, 0.6) is 0 Å². The van der Waals surface area contributed by atoms with E-state index in [1.165, 1.54) is 18.2 Å². The highest BCUT2D eigenvalue weighted by Gasteiger charge is 2.83. The minimum Gasteiger partial charge on any atom is -0.390 e. The zero-order valence-electron chi connectivity index (χ0n) is 21.8. The molecule has 0 aromatic heterocycles. The lowest BCUT2D eigenvalue weighted by Crippen LogP contribution is -2.73. The predicted molar refractivity (Wildman–Crippen MR) is 143 cm³/mol. The Hall–Kier alpha value is -1.74. The van der Waals surface area contributed by atoms with E-state index in [9.17, 15) is 14.7 Å². The molecule has 0 spiro atoms. The predicted octanol–water partition coefficient (Wildman–Crippen LogP) is 5.66. The molecule has 0 amide bonds. The second-order valence-electron chi connectivity index (χ2n) is 12.3. The molecule has 1 aliphatic heterocycles. The quantitative estimate of drug-likeness (QED) is 0.501. The third-order valence-electron chi connectivity index (χ3n) is 11.0. The Morgan fingerprint density at radius 1 is 1.21 bits per heavy atom. The van der Waals surface area contributed by atoms with Gasteiger partial charge >= 0.3 is 0 Å². The average Bonchev–Trinajstić information content (AvgIpc) is 3.34. The van der Waals surface area contributed by atoms with Crippen molar-refractivity contribution in [1.82, 2.24) is 0 Å². The van der Waals surface area contributed by atoms with Gasteiger partial charge in [-0.3, -0.25) is 19.5 Å². The van der Waals surface area contributed by atoms with Crippen molar-refractivity contribution in [3.8, 4) is 0 Å². The minimum atomic E-state index is -2.22. The fourth-order valence-corrected chi connectivity index (χ4v) is 9.82. The highest BCUT2D eigenvalue weighted by molar-refractivity contribution is 8.13. The van der Waals surface area contributed by atoms with Gasteiger partial charge in [-0.1, -0.05) is 43.3 Å². The number of benzene rings is 1. The van der Waals surface area contributed by atoms with Crippen LogP contribution >= 0.6 is 23.4 Å². The van der Waals surface area contributed by atoms with Crippen molar-refractivity contribution in [3.05, 3.63) is 53.1 Å². The van der Waals surface area contributed by atoms with Gasteiger partial charge in [-0.2, -0.15) is 0 Å². The smallest absolute Gasteiger partial charge is 0.224 e. The number of ketones is 1. The summed E-state index contributed by atoms with van der Waals surface area (Å²) in [6, 6.07) is 7.15. The summed E-state index contributed by atoms with van der Waals surface area (Å²) < 4.78 is 33.5. The maximum atomic E-state index is 17.7. The van der Waals surface area contributed by atoms with Crippen molar-refractivity contribution in [3.63, 3.8) is 0 Å². The van der Waals surface area contributed by atoms with E-state index in [2.05, 4.69) is 0 Å². The summed E-state index contributed by atoms with van der Waals surface area (Å²) in [5.41, 5.74) is -6.03. The molecule has 204 valence electrons. The number of rotatable bonds is 2. The molecular formula is C29H32ClF2NO4S. The maximum absolute atomic E-state index is 17.7. The standard InChI is InChI=1S/C29H32ClF2NO4S/c1-25-10-9-19(34)11-20(25)21(31)12-22-26(2)13-16-15-33(18-7-5-17(30)6-8-18)37-29(16,24(36)38-4)27(26,3)14-23(35)28(22,25)32/h5-11,16,21-23,35H,12-15H2,1-4H3/t16-,21-,22-,23-,25-,26-,27-,28-,29-/m0/s1. The third-order valence-corrected chi connectivity index (χ3v) is 11.9. The molecular weight excluding hydrogens is 532 g/mol. The van der Waals surface area contributed by atoms with Crippen molar-refractivity contribution in [1.29, 1.82) is 0 Å². The normalized spacial score (nSPS) is 47.2. The van der Waals surface area contributed by atoms with Gasteiger partial charge in [-0.25, -0.2) is 8.78 Å². The van der Waals surface area contributed by atoms with Gasteiger partial charge in [0.15, 0.2) is 17.1 Å². The Balaban J connectivity index is 1.48. The number of alkyl halides is 2. The van der Waals surface area contributed by atoms with E-state index in [-0.39, 0.29) is 35.2 Å². The topological polar surface area (TPSA) is 66.8 Å².